The molecule has 18 heavy (non-hydrogen) atoms. The summed E-state index contributed by atoms with van der Waals surface area (Å²) in [5.41, 5.74) is 2.43. The van der Waals surface area contributed by atoms with E-state index in [1.165, 1.54) is 30.2 Å². The lowest BCUT2D eigenvalue weighted by Gasteiger charge is -2.16. The van der Waals surface area contributed by atoms with Gasteiger partial charge in [0.1, 0.15) is 0 Å². The summed E-state index contributed by atoms with van der Waals surface area (Å²) in [6.45, 7) is 5.42. The van der Waals surface area contributed by atoms with E-state index >= 15 is 0 Å². The highest BCUT2D eigenvalue weighted by Gasteiger charge is 2.06. The zero-order valence-electron chi connectivity index (χ0n) is 11.3. The van der Waals surface area contributed by atoms with Crippen LogP contribution in [0.1, 0.15) is 38.7 Å². The number of nitrogens with one attached hydrogen (secondary N) is 1. The van der Waals surface area contributed by atoms with E-state index in [-0.39, 0.29) is 0 Å². The Hall–Kier alpha value is -1.41. The number of para-hydroxylation sites is 1. The minimum atomic E-state index is 0.627. The SMILES string of the molecule is CCCC(CC)NCc1ccnc2ccccc12. The third kappa shape index (κ3) is 3.08. The van der Waals surface area contributed by atoms with Gasteiger partial charge in [-0.3, -0.25) is 4.98 Å². The first-order valence-electron chi connectivity index (χ1n) is 6.91. The summed E-state index contributed by atoms with van der Waals surface area (Å²) < 4.78 is 0. The van der Waals surface area contributed by atoms with Gasteiger partial charge >= 0.3 is 0 Å². The van der Waals surface area contributed by atoms with Crippen LogP contribution in [0.15, 0.2) is 36.5 Å². The lowest BCUT2D eigenvalue weighted by Crippen LogP contribution is -2.27. The molecule has 0 fully saturated rings. The van der Waals surface area contributed by atoms with Gasteiger partial charge in [0.15, 0.2) is 0 Å². The van der Waals surface area contributed by atoms with Gasteiger partial charge in [-0.15, -0.1) is 0 Å². The normalized spacial score (nSPS) is 12.8. The van der Waals surface area contributed by atoms with Gasteiger partial charge in [0, 0.05) is 24.2 Å². The monoisotopic (exact) mass is 242 g/mol. The molecule has 0 aliphatic heterocycles. The number of hydrogen-bond acceptors (Lipinski definition) is 2. The Morgan fingerprint density at radius 1 is 1.17 bits per heavy atom. The first kappa shape index (κ1) is 13.0. The molecule has 1 atom stereocenters. The summed E-state index contributed by atoms with van der Waals surface area (Å²) in [6, 6.07) is 11.1. The van der Waals surface area contributed by atoms with Crippen molar-refractivity contribution in [1.29, 1.82) is 0 Å². The summed E-state index contributed by atoms with van der Waals surface area (Å²) in [4.78, 5) is 4.40. The van der Waals surface area contributed by atoms with Crippen LogP contribution in [0.4, 0.5) is 0 Å². The van der Waals surface area contributed by atoms with Crippen LogP contribution in [0.5, 0.6) is 0 Å². The Bertz CT molecular complexity index is 488. The lowest BCUT2D eigenvalue weighted by atomic mass is 10.1. The first-order valence-corrected chi connectivity index (χ1v) is 6.91. The molecule has 1 N–H and O–H groups in total. The molecule has 1 aromatic carbocycles. The van der Waals surface area contributed by atoms with Crippen molar-refractivity contribution >= 4 is 10.9 Å². The standard InChI is InChI=1S/C16H22N2/c1-3-7-14(4-2)18-12-13-10-11-17-16-9-6-5-8-15(13)16/h5-6,8-11,14,18H,3-4,7,12H2,1-2H3. The van der Waals surface area contributed by atoms with Gasteiger partial charge in [-0.05, 0) is 30.5 Å². The van der Waals surface area contributed by atoms with E-state index < -0.39 is 0 Å². The molecular weight excluding hydrogens is 220 g/mol. The van der Waals surface area contributed by atoms with E-state index in [9.17, 15) is 0 Å². The average Bonchev–Trinajstić information content (AvgIpc) is 2.43. The van der Waals surface area contributed by atoms with Crippen molar-refractivity contribution in [2.45, 2.75) is 45.7 Å². The van der Waals surface area contributed by atoms with Crippen molar-refractivity contribution in [3.05, 3.63) is 42.1 Å². The van der Waals surface area contributed by atoms with Gasteiger partial charge < -0.3 is 5.32 Å². The number of rotatable bonds is 6. The topological polar surface area (TPSA) is 24.9 Å². The summed E-state index contributed by atoms with van der Waals surface area (Å²) in [5, 5.41) is 4.91. The molecule has 1 heterocycles. The first-order chi connectivity index (χ1) is 8.85. The molecule has 2 aromatic rings. The van der Waals surface area contributed by atoms with Gasteiger partial charge in [-0.25, -0.2) is 0 Å². The third-order valence-electron chi connectivity index (χ3n) is 3.45. The minimum absolute atomic E-state index is 0.627. The molecule has 0 amide bonds. The number of nitrogens with zero attached hydrogens (tertiary/aromatic N) is 1. The Balaban J connectivity index is 2.11. The van der Waals surface area contributed by atoms with E-state index in [0.717, 1.165) is 12.1 Å². The molecule has 1 unspecified atom stereocenters. The molecule has 0 bridgehead atoms. The molecule has 0 aliphatic carbocycles. The molecule has 96 valence electrons. The van der Waals surface area contributed by atoms with Crippen molar-refractivity contribution in [2.75, 3.05) is 0 Å². The van der Waals surface area contributed by atoms with Gasteiger partial charge in [-0.2, -0.15) is 0 Å². The maximum Gasteiger partial charge on any atom is 0.0705 e. The quantitative estimate of drug-likeness (QED) is 0.831. The lowest BCUT2D eigenvalue weighted by molar-refractivity contribution is 0.463. The molecule has 2 rings (SSSR count). The number of fused-ring (bicyclic) bond motifs is 1. The fourth-order valence-electron chi connectivity index (χ4n) is 2.36. The van der Waals surface area contributed by atoms with Gasteiger partial charge in [0.2, 0.25) is 0 Å². The highest BCUT2D eigenvalue weighted by molar-refractivity contribution is 5.81. The Labute approximate surface area is 109 Å². The number of aromatic nitrogens is 1. The maximum absolute atomic E-state index is 4.40. The van der Waals surface area contributed by atoms with Gasteiger partial charge in [0.25, 0.3) is 0 Å². The van der Waals surface area contributed by atoms with E-state index in [1.807, 2.05) is 12.3 Å². The molecule has 0 spiro atoms. The second-order valence-electron chi connectivity index (χ2n) is 4.76. The molecule has 0 saturated heterocycles. The molecule has 0 radical (unpaired) electrons. The van der Waals surface area contributed by atoms with Crippen LogP contribution in [0.2, 0.25) is 0 Å². The predicted octanol–water partition coefficient (Wildman–Crippen LogP) is 3.90. The molecule has 0 aliphatic rings. The number of pyridine rings is 1. The fraction of sp³-hybridized carbons (Fsp3) is 0.438. The van der Waals surface area contributed by atoms with Crippen LogP contribution >= 0.6 is 0 Å². The van der Waals surface area contributed by atoms with Crippen LogP contribution < -0.4 is 5.32 Å². The van der Waals surface area contributed by atoms with Crippen molar-refractivity contribution < 1.29 is 0 Å². The third-order valence-corrected chi connectivity index (χ3v) is 3.45. The van der Waals surface area contributed by atoms with Crippen LogP contribution in [0.25, 0.3) is 10.9 Å². The Morgan fingerprint density at radius 3 is 2.78 bits per heavy atom. The summed E-state index contributed by atoms with van der Waals surface area (Å²) in [5.74, 6) is 0. The van der Waals surface area contributed by atoms with Crippen molar-refractivity contribution in [2.24, 2.45) is 0 Å². The van der Waals surface area contributed by atoms with Crippen molar-refractivity contribution in [3.8, 4) is 0 Å². The minimum Gasteiger partial charge on any atom is -0.310 e. The molecular formula is C16H22N2. The van der Waals surface area contributed by atoms with Crippen LogP contribution in [-0.4, -0.2) is 11.0 Å². The molecule has 0 saturated carbocycles. The highest BCUT2D eigenvalue weighted by Crippen LogP contribution is 2.16. The summed E-state index contributed by atoms with van der Waals surface area (Å²) >= 11 is 0. The molecule has 1 aromatic heterocycles. The van der Waals surface area contributed by atoms with E-state index in [1.54, 1.807) is 0 Å². The van der Waals surface area contributed by atoms with Gasteiger partial charge in [0.05, 0.1) is 5.52 Å². The summed E-state index contributed by atoms with van der Waals surface area (Å²) in [6.07, 6.45) is 5.58. The second kappa shape index (κ2) is 6.50. The highest BCUT2D eigenvalue weighted by atomic mass is 14.9. The smallest absolute Gasteiger partial charge is 0.0705 e. The average molecular weight is 242 g/mol. The zero-order valence-corrected chi connectivity index (χ0v) is 11.3. The van der Waals surface area contributed by atoms with E-state index in [0.29, 0.717) is 6.04 Å². The second-order valence-corrected chi connectivity index (χ2v) is 4.76. The molecule has 2 heteroatoms. The van der Waals surface area contributed by atoms with Crippen molar-refractivity contribution in [3.63, 3.8) is 0 Å². The number of hydrogen-bond donors (Lipinski definition) is 1. The number of benzene rings is 1. The summed E-state index contributed by atoms with van der Waals surface area (Å²) in [7, 11) is 0. The molecule has 2 nitrogen and oxygen atoms in total. The van der Waals surface area contributed by atoms with E-state index in [2.05, 4.69) is 48.4 Å². The predicted molar refractivity (Wildman–Crippen MR) is 77.6 cm³/mol. The van der Waals surface area contributed by atoms with E-state index in [4.69, 9.17) is 0 Å². The Morgan fingerprint density at radius 2 is 2.00 bits per heavy atom. The van der Waals surface area contributed by atoms with Crippen LogP contribution in [0.3, 0.4) is 0 Å². The largest absolute Gasteiger partial charge is 0.310 e. The zero-order chi connectivity index (χ0) is 12.8. The fourth-order valence-corrected chi connectivity index (χ4v) is 2.36. The maximum atomic E-state index is 4.40. The van der Waals surface area contributed by atoms with Crippen LogP contribution in [-0.2, 0) is 6.54 Å². The Kier molecular flexibility index (Phi) is 4.71. The van der Waals surface area contributed by atoms with Crippen molar-refractivity contribution in [1.82, 2.24) is 10.3 Å². The van der Waals surface area contributed by atoms with Gasteiger partial charge in [-0.1, -0.05) is 38.5 Å². The van der Waals surface area contributed by atoms with Crippen LogP contribution in [0, 0.1) is 0 Å².